The zero-order valence-corrected chi connectivity index (χ0v) is 14.1. The predicted octanol–water partition coefficient (Wildman–Crippen LogP) is 2.49. The quantitative estimate of drug-likeness (QED) is 0.785. The van der Waals surface area contributed by atoms with E-state index in [-0.39, 0.29) is 11.7 Å². The van der Waals surface area contributed by atoms with Gasteiger partial charge in [-0.2, -0.15) is 0 Å². The maximum atomic E-state index is 12.9. The first-order valence-corrected chi connectivity index (χ1v) is 9.17. The van der Waals surface area contributed by atoms with E-state index in [0.717, 1.165) is 29.0 Å². The van der Waals surface area contributed by atoms with Crippen molar-refractivity contribution in [3.8, 4) is 0 Å². The molecule has 0 bridgehead atoms. The van der Waals surface area contributed by atoms with Gasteiger partial charge in [-0.1, -0.05) is 11.2 Å². The number of carbonyl (C=O) groups is 1. The summed E-state index contributed by atoms with van der Waals surface area (Å²) in [5.74, 6) is 0.583. The van der Waals surface area contributed by atoms with E-state index < -0.39 is 10.0 Å². The molecule has 0 atom stereocenters. The van der Waals surface area contributed by atoms with Crippen LogP contribution in [-0.2, 0) is 10.0 Å². The number of hydrogen-bond acceptors (Lipinski definition) is 5. The molecule has 2 aromatic rings. The van der Waals surface area contributed by atoms with Crippen molar-refractivity contribution >= 4 is 21.5 Å². The molecule has 23 heavy (non-hydrogen) atoms. The Morgan fingerprint density at radius 3 is 2.61 bits per heavy atom. The molecule has 0 saturated heterocycles. The molecule has 0 unspecified atom stereocenters. The number of nitrogens with zero attached hydrogens (tertiary/aromatic N) is 2. The Morgan fingerprint density at radius 1 is 1.30 bits per heavy atom. The third kappa shape index (κ3) is 3.01. The minimum Gasteiger partial charge on any atom is -0.360 e. The minimum atomic E-state index is -3.47. The highest BCUT2D eigenvalue weighted by atomic mass is 32.2. The van der Waals surface area contributed by atoms with Crippen LogP contribution in [0, 0.1) is 6.92 Å². The molecule has 1 aliphatic rings. The number of benzene rings is 1. The van der Waals surface area contributed by atoms with Crippen molar-refractivity contribution in [3.63, 3.8) is 0 Å². The number of sulfonamides is 1. The van der Waals surface area contributed by atoms with E-state index in [0.29, 0.717) is 22.6 Å². The highest BCUT2D eigenvalue weighted by Gasteiger charge is 2.33. The molecule has 1 saturated carbocycles. The van der Waals surface area contributed by atoms with E-state index in [1.807, 2.05) is 6.92 Å². The molecule has 1 heterocycles. The number of aryl methyl sites for hydroxylation is 1. The largest absolute Gasteiger partial charge is 0.360 e. The number of hydrogen-bond donors (Lipinski definition) is 0. The third-order valence-corrected chi connectivity index (χ3v) is 5.22. The molecule has 122 valence electrons. The van der Waals surface area contributed by atoms with Crippen LogP contribution in [0.3, 0.4) is 0 Å². The molecule has 0 N–H and O–H groups in total. The van der Waals surface area contributed by atoms with Crippen LogP contribution in [0.2, 0.25) is 0 Å². The van der Waals surface area contributed by atoms with Gasteiger partial charge in [-0.05, 0) is 37.5 Å². The molecule has 6 nitrogen and oxygen atoms in total. The van der Waals surface area contributed by atoms with E-state index >= 15 is 0 Å². The van der Waals surface area contributed by atoms with Crippen LogP contribution in [0.1, 0.15) is 46.0 Å². The zero-order chi connectivity index (χ0) is 16.8. The van der Waals surface area contributed by atoms with Crippen molar-refractivity contribution in [1.82, 2.24) is 5.16 Å². The van der Waals surface area contributed by atoms with Crippen molar-refractivity contribution in [3.05, 3.63) is 46.8 Å². The van der Waals surface area contributed by atoms with Crippen molar-refractivity contribution in [2.75, 3.05) is 17.6 Å². The monoisotopic (exact) mass is 334 g/mol. The number of carbonyl (C=O) groups excluding carboxylic acids is 1. The molecule has 1 aromatic heterocycles. The van der Waals surface area contributed by atoms with Gasteiger partial charge in [0.05, 0.1) is 23.7 Å². The summed E-state index contributed by atoms with van der Waals surface area (Å²) in [7, 11) is -2.03. The molecule has 3 rings (SSSR count). The summed E-state index contributed by atoms with van der Waals surface area (Å²) in [5, 5.41) is 3.74. The highest BCUT2D eigenvalue weighted by molar-refractivity contribution is 7.92. The normalized spacial score (nSPS) is 14.7. The lowest BCUT2D eigenvalue weighted by Crippen LogP contribution is -2.27. The van der Waals surface area contributed by atoms with Gasteiger partial charge in [0.15, 0.2) is 11.5 Å². The Kier molecular flexibility index (Phi) is 3.75. The minimum absolute atomic E-state index is 0.248. The van der Waals surface area contributed by atoms with Crippen LogP contribution in [-0.4, -0.2) is 32.7 Å². The van der Waals surface area contributed by atoms with Crippen LogP contribution in [0.15, 0.2) is 28.9 Å². The molecule has 7 heteroatoms. The van der Waals surface area contributed by atoms with Gasteiger partial charge >= 0.3 is 0 Å². The van der Waals surface area contributed by atoms with E-state index in [4.69, 9.17) is 4.52 Å². The Balaban J connectivity index is 2.09. The van der Waals surface area contributed by atoms with Crippen molar-refractivity contribution < 1.29 is 17.7 Å². The fourth-order valence-electron chi connectivity index (χ4n) is 2.48. The topological polar surface area (TPSA) is 80.5 Å². The second-order valence-electron chi connectivity index (χ2n) is 5.96. The molecule has 1 aromatic carbocycles. The van der Waals surface area contributed by atoms with Crippen molar-refractivity contribution in [2.24, 2.45) is 0 Å². The summed E-state index contributed by atoms with van der Waals surface area (Å²) < 4.78 is 30.1. The maximum Gasteiger partial charge on any atom is 0.232 e. The average molecular weight is 334 g/mol. The Labute approximate surface area is 135 Å². The fraction of sp³-hybridized carbons (Fsp3) is 0.375. The summed E-state index contributed by atoms with van der Waals surface area (Å²) >= 11 is 0. The number of anilines is 1. The van der Waals surface area contributed by atoms with Crippen LogP contribution in [0.25, 0.3) is 0 Å². The molecule has 0 radical (unpaired) electrons. The first-order valence-electron chi connectivity index (χ1n) is 7.33. The first-order chi connectivity index (χ1) is 10.8. The van der Waals surface area contributed by atoms with Crippen molar-refractivity contribution in [1.29, 1.82) is 0 Å². The highest BCUT2D eigenvalue weighted by Crippen LogP contribution is 2.42. The lowest BCUT2D eigenvalue weighted by molar-refractivity contribution is 0.103. The summed E-state index contributed by atoms with van der Waals surface area (Å²) in [6.45, 7) is 1.85. The standard InChI is InChI=1S/C16H18N2O4S/c1-10-4-7-12(14(8-10)18(2)23(3,20)21)15(19)13-9-17-22-16(13)11-5-6-11/h4,7-9,11H,5-6H2,1-3H3. The van der Waals surface area contributed by atoms with Crippen molar-refractivity contribution in [2.45, 2.75) is 25.7 Å². The summed E-state index contributed by atoms with van der Waals surface area (Å²) in [6.07, 6.45) is 4.50. The van der Waals surface area contributed by atoms with Gasteiger partial charge < -0.3 is 4.52 Å². The zero-order valence-electron chi connectivity index (χ0n) is 13.2. The van der Waals surface area contributed by atoms with Crippen LogP contribution < -0.4 is 4.31 Å². The van der Waals surface area contributed by atoms with Gasteiger partial charge in [0, 0.05) is 18.5 Å². The third-order valence-electron chi connectivity index (χ3n) is 4.03. The number of rotatable bonds is 5. The average Bonchev–Trinajstić information content (AvgIpc) is 3.22. The molecule has 0 spiro atoms. The SMILES string of the molecule is Cc1ccc(C(=O)c2cnoc2C2CC2)c(N(C)S(C)(=O)=O)c1. The van der Waals surface area contributed by atoms with Crippen LogP contribution in [0.5, 0.6) is 0 Å². The summed E-state index contributed by atoms with van der Waals surface area (Å²) in [4.78, 5) is 12.9. The first kappa shape index (κ1) is 15.7. The molecular formula is C16H18N2O4S. The maximum absolute atomic E-state index is 12.9. The molecule has 0 amide bonds. The Hall–Kier alpha value is -2.15. The van der Waals surface area contributed by atoms with E-state index in [2.05, 4.69) is 5.16 Å². The van der Waals surface area contributed by atoms with Gasteiger partial charge in [0.2, 0.25) is 10.0 Å². The molecule has 0 aliphatic heterocycles. The van der Waals surface area contributed by atoms with Gasteiger partial charge in [0.25, 0.3) is 0 Å². The van der Waals surface area contributed by atoms with Crippen LogP contribution in [0.4, 0.5) is 5.69 Å². The van der Waals surface area contributed by atoms with E-state index in [1.54, 1.807) is 18.2 Å². The second-order valence-corrected chi connectivity index (χ2v) is 7.97. The second kappa shape index (κ2) is 5.49. The number of aromatic nitrogens is 1. The van der Waals surface area contributed by atoms with Crippen LogP contribution >= 0.6 is 0 Å². The van der Waals surface area contributed by atoms with Gasteiger partial charge in [-0.3, -0.25) is 9.10 Å². The summed E-state index contributed by atoms with van der Waals surface area (Å²) in [5.41, 5.74) is 1.98. The Morgan fingerprint density at radius 2 is 2.00 bits per heavy atom. The van der Waals surface area contributed by atoms with Gasteiger partial charge in [0.1, 0.15) is 0 Å². The Bertz CT molecular complexity index is 866. The fourth-order valence-corrected chi connectivity index (χ4v) is 2.99. The molecular weight excluding hydrogens is 316 g/mol. The predicted molar refractivity (Wildman–Crippen MR) is 86.3 cm³/mol. The van der Waals surface area contributed by atoms with E-state index in [1.165, 1.54) is 13.2 Å². The summed E-state index contributed by atoms with van der Waals surface area (Å²) in [6, 6.07) is 5.13. The number of ketones is 1. The molecule has 1 aliphatic carbocycles. The lowest BCUT2D eigenvalue weighted by atomic mass is 9.99. The van der Waals surface area contributed by atoms with E-state index in [9.17, 15) is 13.2 Å². The lowest BCUT2D eigenvalue weighted by Gasteiger charge is -2.20. The van der Waals surface area contributed by atoms with Gasteiger partial charge in [-0.25, -0.2) is 8.42 Å². The molecule has 1 fully saturated rings. The van der Waals surface area contributed by atoms with Gasteiger partial charge in [-0.15, -0.1) is 0 Å². The smallest absolute Gasteiger partial charge is 0.232 e.